The lowest BCUT2D eigenvalue weighted by atomic mass is 10.1. The van der Waals surface area contributed by atoms with Gasteiger partial charge in [-0.05, 0) is 44.5 Å². The van der Waals surface area contributed by atoms with Crippen LogP contribution in [0.4, 0.5) is 5.69 Å². The van der Waals surface area contributed by atoms with Crippen LogP contribution in [0, 0.1) is 20.8 Å². The third-order valence-electron chi connectivity index (χ3n) is 3.44. The number of hydrogen-bond donors (Lipinski definition) is 1. The maximum Gasteiger partial charge on any atom is 0.337 e. The summed E-state index contributed by atoms with van der Waals surface area (Å²) in [4.78, 5) is 23.6. The van der Waals surface area contributed by atoms with E-state index in [-0.39, 0.29) is 12.3 Å². The van der Waals surface area contributed by atoms with Crippen molar-refractivity contribution >= 4 is 17.6 Å². The second-order valence-electron chi connectivity index (χ2n) is 5.05. The molecule has 6 heteroatoms. The van der Waals surface area contributed by atoms with Gasteiger partial charge in [-0.15, -0.1) is 0 Å². The fourth-order valence-electron chi connectivity index (χ4n) is 2.16. The minimum Gasteiger partial charge on any atom is -0.465 e. The zero-order valence-electron chi connectivity index (χ0n) is 13.0. The Morgan fingerprint density at radius 3 is 2.55 bits per heavy atom. The van der Waals surface area contributed by atoms with Crippen molar-refractivity contribution in [1.82, 2.24) is 5.16 Å². The first kappa shape index (κ1) is 15.8. The van der Waals surface area contributed by atoms with Gasteiger partial charge in [0.2, 0.25) is 5.91 Å². The zero-order valence-corrected chi connectivity index (χ0v) is 13.0. The summed E-state index contributed by atoms with van der Waals surface area (Å²) in [5.41, 5.74) is 3.40. The lowest BCUT2D eigenvalue weighted by Crippen LogP contribution is -2.16. The summed E-state index contributed by atoms with van der Waals surface area (Å²) in [7, 11) is 1.33. The van der Waals surface area contributed by atoms with E-state index in [1.807, 2.05) is 6.92 Å². The number of aromatic nitrogens is 1. The molecule has 0 aliphatic rings. The number of nitrogens with zero attached hydrogens (tertiary/aromatic N) is 1. The van der Waals surface area contributed by atoms with Crippen molar-refractivity contribution in [2.75, 3.05) is 12.4 Å². The maximum atomic E-state index is 12.1. The van der Waals surface area contributed by atoms with Gasteiger partial charge < -0.3 is 14.6 Å². The van der Waals surface area contributed by atoms with Gasteiger partial charge in [0.1, 0.15) is 5.76 Å². The van der Waals surface area contributed by atoms with Crippen LogP contribution in [0.15, 0.2) is 22.7 Å². The van der Waals surface area contributed by atoms with E-state index in [9.17, 15) is 9.59 Å². The Labute approximate surface area is 128 Å². The van der Waals surface area contributed by atoms with Gasteiger partial charge >= 0.3 is 5.97 Å². The molecule has 0 fully saturated rings. The summed E-state index contributed by atoms with van der Waals surface area (Å²) in [6, 6.07) is 4.98. The molecule has 2 aromatic rings. The zero-order chi connectivity index (χ0) is 16.3. The summed E-state index contributed by atoms with van der Waals surface area (Å²) in [6.07, 6.45) is 0.194. The fourth-order valence-corrected chi connectivity index (χ4v) is 2.16. The van der Waals surface area contributed by atoms with E-state index in [0.29, 0.717) is 22.7 Å². The number of hydrogen-bond acceptors (Lipinski definition) is 5. The van der Waals surface area contributed by atoms with Crippen LogP contribution in [-0.2, 0) is 16.0 Å². The maximum absolute atomic E-state index is 12.1. The number of anilines is 1. The first-order chi connectivity index (χ1) is 10.4. The van der Waals surface area contributed by atoms with Crippen LogP contribution in [0.1, 0.15) is 32.9 Å². The van der Waals surface area contributed by atoms with Gasteiger partial charge in [0.05, 0.1) is 24.8 Å². The number of rotatable bonds is 4. The second kappa shape index (κ2) is 6.43. The molecule has 1 N–H and O–H groups in total. The molecule has 0 spiro atoms. The van der Waals surface area contributed by atoms with Crippen LogP contribution in [0.2, 0.25) is 0 Å². The number of carbonyl (C=O) groups is 2. The predicted octanol–water partition coefficient (Wildman–Crippen LogP) is 2.57. The number of ether oxygens (including phenoxy) is 1. The summed E-state index contributed by atoms with van der Waals surface area (Å²) < 4.78 is 9.71. The summed E-state index contributed by atoms with van der Waals surface area (Å²) in [5.74, 6) is 0.0745. The first-order valence-electron chi connectivity index (χ1n) is 6.83. The van der Waals surface area contributed by atoms with E-state index in [1.54, 1.807) is 32.0 Å². The second-order valence-corrected chi connectivity index (χ2v) is 5.05. The Bertz CT molecular complexity index is 699. The Kier molecular flexibility index (Phi) is 4.60. The Morgan fingerprint density at radius 2 is 2.00 bits per heavy atom. The molecule has 1 aromatic carbocycles. The van der Waals surface area contributed by atoms with Crippen molar-refractivity contribution in [2.45, 2.75) is 27.2 Å². The highest BCUT2D eigenvalue weighted by Crippen LogP contribution is 2.19. The summed E-state index contributed by atoms with van der Waals surface area (Å²) in [5, 5.41) is 6.65. The van der Waals surface area contributed by atoms with E-state index in [1.165, 1.54) is 7.11 Å². The molecule has 22 heavy (non-hydrogen) atoms. The number of methoxy groups -OCH3 is 1. The highest BCUT2D eigenvalue weighted by Gasteiger charge is 2.15. The van der Waals surface area contributed by atoms with Crippen molar-refractivity contribution in [3.8, 4) is 0 Å². The van der Waals surface area contributed by atoms with Crippen LogP contribution >= 0.6 is 0 Å². The van der Waals surface area contributed by atoms with Gasteiger partial charge in [-0.1, -0.05) is 5.16 Å². The number of aryl methyl sites for hydroxylation is 3. The molecule has 116 valence electrons. The van der Waals surface area contributed by atoms with Crippen molar-refractivity contribution in [3.05, 3.63) is 46.3 Å². The van der Waals surface area contributed by atoms with Gasteiger partial charge in [-0.25, -0.2) is 4.79 Å². The normalized spacial score (nSPS) is 10.4. The topological polar surface area (TPSA) is 81.4 Å². The van der Waals surface area contributed by atoms with E-state index < -0.39 is 5.97 Å². The number of amides is 1. The number of nitrogens with one attached hydrogen (secondary N) is 1. The van der Waals surface area contributed by atoms with Crippen molar-refractivity contribution in [3.63, 3.8) is 0 Å². The molecule has 0 aliphatic heterocycles. The van der Waals surface area contributed by atoms with E-state index in [2.05, 4.69) is 15.2 Å². The summed E-state index contributed by atoms with van der Waals surface area (Å²) in [6.45, 7) is 5.40. The van der Waals surface area contributed by atoms with Crippen LogP contribution in [0.5, 0.6) is 0 Å². The van der Waals surface area contributed by atoms with Gasteiger partial charge in [-0.3, -0.25) is 4.79 Å². The molecule has 0 bridgehead atoms. The van der Waals surface area contributed by atoms with Crippen molar-refractivity contribution in [1.29, 1.82) is 0 Å². The predicted molar refractivity (Wildman–Crippen MR) is 80.8 cm³/mol. The largest absolute Gasteiger partial charge is 0.465 e. The average Bonchev–Trinajstić information content (AvgIpc) is 2.80. The monoisotopic (exact) mass is 302 g/mol. The van der Waals surface area contributed by atoms with Crippen LogP contribution in [0.3, 0.4) is 0 Å². The third kappa shape index (κ3) is 3.33. The molecule has 1 amide bonds. The molecule has 0 atom stereocenters. The SMILES string of the molecule is COC(=O)c1ccc(NC(=O)Cc2c(C)noc2C)c(C)c1. The van der Waals surface area contributed by atoms with Crippen LogP contribution in [0.25, 0.3) is 0 Å². The third-order valence-corrected chi connectivity index (χ3v) is 3.44. The minimum absolute atomic E-state index is 0.164. The van der Waals surface area contributed by atoms with Crippen LogP contribution in [-0.4, -0.2) is 24.1 Å². The van der Waals surface area contributed by atoms with Crippen molar-refractivity contribution < 1.29 is 18.8 Å². The van der Waals surface area contributed by atoms with E-state index in [0.717, 1.165) is 11.1 Å². The number of carbonyl (C=O) groups excluding carboxylic acids is 2. The standard InChI is InChI=1S/C16H18N2O4/c1-9-7-12(16(20)21-4)5-6-14(9)17-15(19)8-13-10(2)18-22-11(13)3/h5-7H,8H2,1-4H3,(H,17,19). The molecule has 0 saturated heterocycles. The molecule has 0 radical (unpaired) electrons. The molecule has 0 saturated carbocycles. The molecular formula is C16H18N2O4. The molecule has 1 aromatic heterocycles. The molecular weight excluding hydrogens is 284 g/mol. The molecule has 2 rings (SSSR count). The van der Waals surface area contributed by atoms with E-state index >= 15 is 0 Å². The van der Waals surface area contributed by atoms with Crippen LogP contribution < -0.4 is 5.32 Å². The molecule has 0 unspecified atom stereocenters. The first-order valence-corrected chi connectivity index (χ1v) is 6.83. The van der Waals surface area contributed by atoms with Gasteiger partial charge in [0, 0.05) is 11.3 Å². The smallest absolute Gasteiger partial charge is 0.337 e. The lowest BCUT2D eigenvalue weighted by molar-refractivity contribution is -0.115. The molecule has 1 heterocycles. The highest BCUT2D eigenvalue weighted by atomic mass is 16.5. The summed E-state index contributed by atoms with van der Waals surface area (Å²) >= 11 is 0. The number of benzene rings is 1. The minimum atomic E-state index is -0.406. The highest BCUT2D eigenvalue weighted by molar-refractivity contribution is 5.95. The Morgan fingerprint density at radius 1 is 1.27 bits per heavy atom. The number of esters is 1. The Balaban J connectivity index is 2.10. The van der Waals surface area contributed by atoms with Gasteiger partial charge in [0.25, 0.3) is 0 Å². The average molecular weight is 302 g/mol. The van der Waals surface area contributed by atoms with Gasteiger partial charge in [-0.2, -0.15) is 0 Å². The van der Waals surface area contributed by atoms with E-state index in [4.69, 9.17) is 4.52 Å². The molecule has 0 aliphatic carbocycles. The fraction of sp³-hybridized carbons (Fsp3) is 0.312. The molecule has 6 nitrogen and oxygen atoms in total. The Hall–Kier alpha value is -2.63. The lowest BCUT2D eigenvalue weighted by Gasteiger charge is -2.09. The van der Waals surface area contributed by atoms with Crippen molar-refractivity contribution in [2.24, 2.45) is 0 Å². The van der Waals surface area contributed by atoms with Gasteiger partial charge in [0.15, 0.2) is 0 Å². The quantitative estimate of drug-likeness (QED) is 0.878.